The van der Waals surface area contributed by atoms with Crippen LogP contribution in [0.5, 0.6) is 0 Å². The monoisotopic (exact) mass is 208 g/mol. The van der Waals surface area contributed by atoms with Gasteiger partial charge in [-0.25, -0.2) is 0 Å². The van der Waals surface area contributed by atoms with Gasteiger partial charge in [0.15, 0.2) is 5.76 Å². The number of rotatable bonds is 1. The Morgan fingerprint density at radius 2 is 2.40 bits per heavy atom. The van der Waals surface area contributed by atoms with E-state index in [1.807, 2.05) is 0 Å². The lowest BCUT2D eigenvalue weighted by molar-refractivity contribution is -0.121. The standard InChI is InChI=1S/C10H12N2O3/c13-9-7-12(5-2-4-11-9)10(14)8-3-1-6-15-8/h1,3,6H,2,4-5,7H2,(H,11,13). The predicted molar refractivity (Wildman–Crippen MR) is 52.2 cm³/mol. The van der Waals surface area contributed by atoms with Crippen LogP contribution in [0.25, 0.3) is 0 Å². The Morgan fingerprint density at radius 3 is 3.13 bits per heavy atom. The number of carbonyl (C=O) groups excluding carboxylic acids is 2. The number of hydrogen-bond donors (Lipinski definition) is 1. The number of nitrogens with one attached hydrogen (secondary N) is 1. The van der Waals surface area contributed by atoms with Crippen molar-refractivity contribution in [2.45, 2.75) is 6.42 Å². The van der Waals surface area contributed by atoms with Crippen LogP contribution in [0, 0.1) is 0 Å². The Balaban J connectivity index is 2.09. The van der Waals surface area contributed by atoms with Gasteiger partial charge < -0.3 is 14.6 Å². The smallest absolute Gasteiger partial charge is 0.290 e. The van der Waals surface area contributed by atoms with E-state index in [-0.39, 0.29) is 24.1 Å². The molecule has 2 amide bonds. The molecule has 0 aromatic carbocycles. The summed E-state index contributed by atoms with van der Waals surface area (Å²) < 4.78 is 5.00. The Bertz CT molecular complexity index is 359. The van der Waals surface area contributed by atoms with Crippen LogP contribution in [0.2, 0.25) is 0 Å². The van der Waals surface area contributed by atoms with E-state index < -0.39 is 0 Å². The van der Waals surface area contributed by atoms with E-state index in [1.54, 1.807) is 12.1 Å². The van der Waals surface area contributed by atoms with Gasteiger partial charge in [-0.15, -0.1) is 0 Å². The third-order valence-corrected chi connectivity index (χ3v) is 2.28. The van der Waals surface area contributed by atoms with Crippen molar-refractivity contribution in [1.29, 1.82) is 0 Å². The van der Waals surface area contributed by atoms with Gasteiger partial charge in [0, 0.05) is 13.1 Å². The second-order valence-corrected chi connectivity index (χ2v) is 3.41. The first-order valence-electron chi connectivity index (χ1n) is 4.87. The molecule has 0 atom stereocenters. The maximum Gasteiger partial charge on any atom is 0.290 e. The van der Waals surface area contributed by atoms with Gasteiger partial charge in [0.2, 0.25) is 5.91 Å². The summed E-state index contributed by atoms with van der Waals surface area (Å²) in [4.78, 5) is 24.5. The van der Waals surface area contributed by atoms with Crippen molar-refractivity contribution in [3.63, 3.8) is 0 Å². The molecule has 1 N–H and O–H groups in total. The van der Waals surface area contributed by atoms with E-state index in [4.69, 9.17) is 4.42 Å². The molecular formula is C10H12N2O3. The molecule has 1 fully saturated rings. The number of carbonyl (C=O) groups is 2. The number of amides is 2. The summed E-state index contributed by atoms with van der Waals surface area (Å²) in [6, 6.07) is 3.26. The highest BCUT2D eigenvalue weighted by molar-refractivity contribution is 5.94. The Hall–Kier alpha value is -1.78. The molecule has 0 spiro atoms. The van der Waals surface area contributed by atoms with Crippen molar-refractivity contribution in [3.8, 4) is 0 Å². The zero-order valence-electron chi connectivity index (χ0n) is 8.23. The van der Waals surface area contributed by atoms with Gasteiger partial charge in [0.25, 0.3) is 5.91 Å². The normalized spacial score (nSPS) is 17.1. The van der Waals surface area contributed by atoms with E-state index in [1.165, 1.54) is 11.2 Å². The van der Waals surface area contributed by atoms with E-state index in [2.05, 4.69) is 5.32 Å². The molecule has 0 saturated carbocycles. The van der Waals surface area contributed by atoms with Gasteiger partial charge in [0.1, 0.15) is 0 Å². The van der Waals surface area contributed by atoms with Crippen LogP contribution in [0.1, 0.15) is 17.0 Å². The Morgan fingerprint density at radius 1 is 1.53 bits per heavy atom. The van der Waals surface area contributed by atoms with Crippen molar-refractivity contribution < 1.29 is 14.0 Å². The molecule has 1 aliphatic heterocycles. The first-order chi connectivity index (χ1) is 7.27. The topological polar surface area (TPSA) is 62.6 Å². The molecule has 80 valence electrons. The predicted octanol–water partition coefficient (Wildman–Crippen LogP) is 0.242. The minimum absolute atomic E-state index is 0.111. The average molecular weight is 208 g/mol. The molecule has 15 heavy (non-hydrogen) atoms. The molecule has 5 nitrogen and oxygen atoms in total. The molecule has 1 saturated heterocycles. The van der Waals surface area contributed by atoms with Crippen molar-refractivity contribution in [2.75, 3.05) is 19.6 Å². The first kappa shape index (κ1) is 9.76. The third kappa shape index (κ3) is 2.18. The molecular weight excluding hydrogens is 196 g/mol. The highest BCUT2D eigenvalue weighted by Gasteiger charge is 2.22. The second-order valence-electron chi connectivity index (χ2n) is 3.41. The number of furan rings is 1. The zero-order chi connectivity index (χ0) is 10.7. The zero-order valence-corrected chi connectivity index (χ0v) is 8.23. The first-order valence-corrected chi connectivity index (χ1v) is 4.87. The van der Waals surface area contributed by atoms with Crippen LogP contribution in [0.15, 0.2) is 22.8 Å². The summed E-state index contributed by atoms with van der Waals surface area (Å²) in [6.07, 6.45) is 2.23. The summed E-state index contributed by atoms with van der Waals surface area (Å²) in [6.45, 7) is 1.32. The average Bonchev–Trinajstić information content (AvgIpc) is 2.67. The summed E-state index contributed by atoms with van der Waals surface area (Å²) in [5.41, 5.74) is 0. The maximum absolute atomic E-state index is 11.8. The van der Waals surface area contributed by atoms with Crippen LogP contribution in [0.4, 0.5) is 0 Å². The molecule has 1 aromatic heterocycles. The van der Waals surface area contributed by atoms with Crippen molar-refractivity contribution in [1.82, 2.24) is 10.2 Å². The van der Waals surface area contributed by atoms with Crippen LogP contribution in [-0.2, 0) is 4.79 Å². The van der Waals surface area contributed by atoms with Crippen LogP contribution in [-0.4, -0.2) is 36.3 Å². The molecule has 1 aromatic rings. The van der Waals surface area contributed by atoms with E-state index in [0.29, 0.717) is 13.1 Å². The van der Waals surface area contributed by atoms with Gasteiger partial charge in [-0.1, -0.05) is 0 Å². The lowest BCUT2D eigenvalue weighted by Crippen LogP contribution is -2.37. The molecule has 0 aliphatic carbocycles. The largest absolute Gasteiger partial charge is 0.459 e. The van der Waals surface area contributed by atoms with Crippen molar-refractivity contribution in [3.05, 3.63) is 24.2 Å². The minimum Gasteiger partial charge on any atom is -0.459 e. The molecule has 0 unspecified atom stereocenters. The fourth-order valence-electron chi connectivity index (χ4n) is 1.54. The van der Waals surface area contributed by atoms with Crippen LogP contribution in [0.3, 0.4) is 0 Å². The quantitative estimate of drug-likeness (QED) is 0.719. The molecule has 1 aliphatic rings. The van der Waals surface area contributed by atoms with Crippen molar-refractivity contribution in [2.24, 2.45) is 0 Å². The lowest BCUT2D eigenvalue weighted by Gasteiger charge is -2.16. The van der Waals surface area contributed by atoms with Gasteiger partial charge in [0.05, 0.1) is 12.8 Å². The van der Waals surface area contributed by atoms with E-state index >= 15 is 0 Å². The van der Waals surface area contributed by atoms with Gasteiger partial charge in [-0.3, -0.25) is 9.59 Å². The molecule has 5 heteroatoms. The summed E-state index contributed by atoms with van der Waals surface area (Å²) >= 11 is 0. The summed E-state index contributed by atoms with van der Waals surface area (Å²) in [5.74, 6) is -0.0610. The highest BCUT2D eigenvalue weighted by atomic mass is 16.3. The van der Waals surface area contributed by atoms with Crippen LogP contribution >= 0.6 is 0 Å². The SMILES string of the molecule is O=C1CN(C(=O)c2ccco2)CCCN1. The van der Waals surface area contributed by atoms with E-state index in [9.17, 15) is 9.59 Å². The van der Waals surface area contributed by atoms with Crippen molar-refractivity contribution >= 4 is 11.8 Å². The third-order valence-electron chi connectivity index (χ3n) is 2.28. The molecule has 2 rings (SSSR count). The summed E-state index contributed by atoms with van der Waals surface area (Å²) in [5, 5.41) is 2.71. The number of nitrogens with zero attached hydrogens (tertiary/aromatic N) is 1. The molecule has 0 bridgehead atoms. The maximum atomic E-state index is 11.8. The lowest BCUT2D eigenvalue weighted by atomic mass is 10.3. The van der Waals surface area contributed by atoms with Gasteiger partial charge in [-0.2, -0.15) is 0 Å². The summed E-state index contributed by atoms with van der Waals surface area (Å²) in [7, 11) is 0. The molecule has 0 radical (unpaired) electrons. The Labute approximate surface area is 87.0 Å². The fourth-order valence-corrected chi connectivity index (χ4v) is 1.54. The minimum atomic E-state index is -0.225. The highest BCUT2D eigenvalue weighted by Crippen LogP contribution is 2.07. The fraction of sp³-hybridized carbons (Fsp3) is 0.400. The van der Waals surface area contributed by atoms with Crippen LogP contribution < -0.4 is 5.32 Å². The Kier molecular flexibility index (Phi) is 2.71. The molecule has 2 heterocycles. The van der Waals surface area contributed by atoms with Gasteiger partial charge in [-0.05, 0) is 18.6 Å². The second kappa shape index (κ2) is 4.16. The number of hydrogen-bond acceptors (Lipinski definition) is 3. The van der Waals surface area contributed by atoms with Gasteiger partial charge >= 0.3 is 0 Å². The van der Waals surface area contributed by atoms with E-state index in [0.717, 1.165) is 6.42 Å².